The Labute approximate surface area is 147 Å². The molecule has 7 nitrogen and oxygen atoms in total. The highest BCUT2D eigenvalue weighted by Crippen LogP contribution is 2.21. The average molecular weight is 344 g/mol. The van der Waals surface area contributed by atoms with E-state index in [4.69, 9.17) is 4.52 Å². The Morgan fingerprint density at radius 3 is 2.64 bits per heavy atom. The minimum absolute atomic E-state index is 0.00982. The summed E-state index contributed by atoms with van der Waals surface area (Å²) in [6.07, 6.45) is 0. The van der Waals surface area contributed by atoms with Crippen LogP contribution >= 0.6 is 0 Å². The molecule has 0 saturated carbocycles. The zero-order valence-corrected chi connectivity index (χ0v) is 15.2. The summed E-state index contributed by atoms with van der Waals surface area (Å²) in [6, 6.07) is 6.87. The van der Waals surface area contributed by atoms with Crippen molar-refractivity contribution in [2.24, 2.45) is 0 Å². The van der Waals surface area contributed by atoms with Crippen molar-refractivity contribution in [1.82, 2.24) is 15.4 Å². The molecule has 1 atom stereocenters. The van der Waals surface area contributed by atoms with Crippen LogP contribution in [0.5, 0.6) is 0 Å². The van der Waals surface area contributed by atoms with Crippen molar-refractivity contribution in [2.75, 3.05) is 12.4 Å². The van der Waals surface area contributed by atoms with E-state index in [9.17, 15) is 9.59 Å². The molecule has 0 spiro atoms. The van der Waals surface area contributed by atoms with Gasteiger partial charge < -0.3 is 20.1 Å². The maximum Gasteiger partial charge on any atom is 0.319 e. The summed E-state index contributed by atoms with van der Waals surface area (Å²) in [5.74, 6) is 0.684. The van der Waals surface area contributed by atoms with Crippen molar-refractivity contribution in [3.63, 3.8) is 0 Å². The van der Waals surface area contributed by atoms with Crippen molar-refractivity contribution < 1.29 is 14.1 Å². The van der Waals surface area contributed by atoms with Gasteiger partial charge in [-0.3, -0.25) is 4.79 Å². The van der Waals surface area contributed by atoms with Gasteiger partial charge in [-0.15, -0.1) is 0 Å². The van der Waals surface area contributed by atoms with Crippen LogP contribution in [0.2, 0.25) is 0 Å². The normalized spacial score (nSPS) is 11.7. The minimum Gasteiger partial charge on any atom is -0.361 e. The summed E-state index contributed by atoms with van der Waals surface area (Å²) >= 11 is 0. The van der Waals surface area contributed by atoms with E-state index in [1.165, 1.54) is 6.92 Å². The second-order valence-corrected chi connectivity index (χ2v) is 6.13. The van der Waals surface area contributed by atoms with Gasteiger partial charge in [-0.05, 0) is 38.5 Å². The van der Waals surface area contributed by atoms with Crippen molar-refractivity contribution in [3.05, 3.63) is 46.8 Å². The van der Waals surface area contributed by atoms with Gasteiger partial charge in [0.2, 0.25) is 5.91 Å². The Kier molecular flexibility index (Phi) is 5.80. The van der Waals surface area contributed by atoms with Crippen molar-refractivity contribution >= 4 is 17.6 Å². The molecule has 1 unspecified atom stereocenters. The number of amides is 3. The van der Waals surface area contributed by atoms with Gasteiger partial charge in [0.1, 0.15) is 5.76 Å². The van der Waals surface area contributed by atoms with Crippen molar-refractivity contribution in [2.45, 2.75) is 40.3 Å². The number of rotatable bonds is 5. The van der Waals surface area contributed by atoms with E-state index >= 15 is 0 Å². The fraction of sp³-hybridized carbons (Fsp3) is 0.389. The molecule has 0 aliphatic heterocycles. The van der Waals surface area contributed by atoms with Gasteiger partial charge in [0, 0.05) is 31.8 Å². The number of carbonyl (C=O) groups excluding carboxylic acids is 2. The summed E-state index contributed by atoms with van der Waals surface area (Å²) in [7, 11) is 1.74. The van der Waals surface area contributed by atoms with E-state index in [0.717, 1.165) is 16.8 Å². The fourth-order valence-corrected chi connectivity index (χ4v) is 2.68. The number of anilines is 1. The third kappa shape index (κ3) is 4.82. The van der Waals surface area contributed by atoms with Gasteiger partial charge in [-0.1, -0.05) is 17.3 Å². The molecule has 25 heavy (non-hydrogen) atoms. The average Bonchev–Trinajstić information content (AvgIpc) is 2.86. The minimum atomic E-state index is -0.315. The lowest BCUT2D eigenvalue weighted by atomic mass is 10.1. The molecule has 1 heterocycles. The highest BCUT2D eigenvalue weighted by molar-refractivity contribution is 5.89. The highest BCUT2D eigenvalue weighted by atomic mass is 16.5. The molecule has 1 aromatic carbocycles. The highest BCUT2D eigenvalue weighted by Gasteiger charge is 2.18. The molecule has 2 rings (SSSR count). The van der Waals surface area contributed by atoms with Crippen LogP contribution < -0.4 is 10.6 Å². The van der Waals surface area contributed by atoms with Crippen molar-refractivity contribution in [1.29, 1.82) is 0 Å². The van der Waals surface area contributed by atoms with Gasteiger partial charge >= 0.3 is 6.03 Å². The molecule has 0 aliphatic rings. The largest absolute Gasteiger partial charge is 0.361 e. The number of carbonyl (C=O) groups is 2. The molecular formula is C18H24N4O3. The zero-order valence-electron chi connectivity index (χ0n) is 15.2. The maximum atomic E-state index is 12.2. The molecular weight excluding hydrogens is 320 g/mol. The summed E-state index contributed by atoms with van der Waals surface area (Å²) in [4.78, 5) is 25.2. The second kappa shape index (κ2) is 7.83. The van der Waals surface area contributed by atoms with E-state index in [0.29, 0.717) is 18.0 Å². The molecule has 2 aromatic rings. The number of nitrogens with one attached hydrogen (secondary N) is 2. The quantitative estimate of drug-likeness (QED) is 0.872. The molecule has 0 aliphatic carbocycles. The topological polar surface area (TPSA) is 87.5 Å². The Balaban J connectivity index is 2.00. The van der Waals surface area contributed by atoms with Crippen LogP contribution in [0.25, 0.3) is 0 Å². The van der Waals surface area contributed by atoms with E-state index in [2.05, 4.69) is 15.8 Å². The molecule has 0 saturated heterocycles. The first-order valence-corrected chi connectivity index (χ1v) is 8.09. The van der Waals surface area contributed by atoms with Crippen LogP contribution in [-0.2, 0) is 11.3 Å². The molecule has 3 amide bonds. The summed E-state index contributed by atoms with van der Waals surface area (Å²) in [5, 5.41) is 9.59. The van der Waals surface area contributed by atoms with Crippen LogP contribution in [0.3, 0.4) is 0 Å². The van der Waals surface area contributed by atoms with Gasteiger partial charge in [0.15, 0.2) is 0 Å². The molecule has 134 valence electrons. The van der Waals surface area contributed by atoms with Crippen LogP contribution in [0.1, 0.15) is 42.5 Å². The molecule has 7 heteroatoms. The Hall–Kier alpha value is -2.83. The first-order chi connectivity index (χ1) is 11.8. The lowest BCUT2D eigenvalue weighted by molar-refractivity contribution is -0.128. The van der Waals surface area contributed by atoms with Crippen LogP contribution in [-0.4, -0.2) is 29.0 Å². The number of benzene rings is 1. The monoisotopic (exact) mass is 344 g/mol. The first-order valence-electron chi connectivity index (χ1n) is 8.09. The van der Waals surface area contributed by atoms with Crippen LogP contribution in [0.15, 0.2) is 28.8 Å². The summed E-state index contributed by atoms with van der Waals surface area (Å²) in [6.45, 7) is 7.55. The smallest absolute Gasteiger partial charge is 0.319 e. The van der Waals surface area contributed by atoms with Crippen LogP contribution in [0, 0.1) is 13.8 Å². The third-order valence-corrected chi connectivity index (χ3v) is 4.01. The molecule has 0 bridgehead atoms. The van der Waals surface area contributed by atoms with Gasteiger partial charge in [-0.25, -0.2) is 4.79 Å². The Morgan fingerprint density at radius 2 is 2.04 bits per heavy atom. The summed E-state index contributed by atoms with van der Waals surface area (Å²) < 4.78 is 5.13. The Bertz CT molecular complexity index is 750. The lowest BCUT2D eigenvalue weighted by Gasteiger charge is -2.17. The SMILES string of the molecule is CC(=O)N(C)Cc1cccc(NC(=O)NC(C)c2c(C)noc2C)c1. The number of hydrogen-bond donors (Lipinski definition) is 2. The first kappa shape index (κ1) is 18.5. The van der Waals surface area contributed by atoms with Gasteiger partial charge in [-0.2, -0.15) is 0 Å². The third-order valence-electron chi connectivity index (χ3n) is 4.01. The maximum absolute atomic E-state index is 12.2. The van der Waals surface area contributed by atoms with E-state index in [-0.39, 0.29) is 18.0 Å². The number of hydrogen-bond acceptors (Lipinski definition) is 4. The Morgan fingerprint density at radius 1 is 1.32 bits per heavy atom. The lowest BCUT2D eigenvalue weighted by Crippen LogP contribution is -2.31. The molecule has 1 aromatic heterocycles. The molecule has 2 N–H and O–H groups in total. The van der Waals surface area contributed by atoms with Crippen LogP contribution in [0.4, 0.5) is 10.5 Å². The number of aryl methyl sites for hydroxylation is 2. The summed E-state index contributed by atoms with van der Waals surface area (Å²) in [5.41, 5.74) is 3.25. The number of urea groups is 1. The second-order valence-electron chi connectivity index (χ2n) is 6.13. The molecule has 0 fully saturated rings. The fourth-order valence-electron chi connectivity index (χ4n) is 2.68. The van der Waals surface area contributed by atoms with E-state index in [1.807, 2.05) is 39.0 Å². The molecule has 0 radical (unpaired) electrons. The zero-order chi connectivity index (χ0) is 18.6. The predicted octanol–water partition coefficient (Wildman–Crippen LogP) is 3.15. The number of aromatic nitrogens is 1. The standard InChI is InChI=1S/C18H24N4O3/c1-11(17-12(2)21-25-13(17)3)19-18(24)20-16-8-6-7-15(9-16)10-22(5)14(4)23/h6-9,11H,10H2,1-5H3,(H2,19,20,24). The van der Waals surface area contributed by atoms with Gasteiger partial charge in [0.25, 0.3) is 0 Å². The van der Waals surface area contributed by atoms with Gasteiger partial charge in [0.05, 0.1) is 11.7 Å². The van der Waals surface area contributed by atoms with E-state index < -0.39 is 0 Å². The number of nitrogens with zero attached hydrogens (tertiary/aromatic N) is 2. The van der Waals surface area contributed by atoms with E-state index in [1.54, 1.807) is 18.0 Å². The van der Waals surface area contributed by atoms with Crippen molar-refractivity contribution in [3.8, 4) is 0 Å². The predicted molar refractivity (Wildman–Crippen MR) is 95.1 cm³/mol.